The van der Waals surface area contributed by atoms with Gasteiger partial charge < -0.3 is 0 Å². The maximum Gasteiger partial charge on any atom is 0.175 e. The van der Waals surface area contributed by atoms with E-state index in [1.807, 2.05) is 0 Å². The van der Waals surface area contributed by atoms with Gasteiger partial charge in [-0.3, -0.25) is 0 Å². The molecule has 0 aliphatic carbocycles. The van der Waals surface area contributed by atoms with E-state index in [4.69, 9.17) is 0 Å². The zero-order valence-electron chi connectivity index (χ0n) is 9.14. The van der Waals surface area contributed by atoms with Gasteiger partial charge in [-0.05, 0) is 41.5 Å². The first-order valence-corrected chi connectivity index (χ1v) is 6.84. The molecule has 0 aliphatic rings. The summed E-state index contributed by atoms with van der Waals surface area (Å²) in [4.78, 5) is 0.225. The molecule has 2 aromatic rings. The van der Waals surface area contributed by atoms with E-state index in [1.165, 1.54) is 24.3 Å². The first-order chi connectivity index (χ1) is 7.97. The summed E-state index contributed by atoms with van der Waals surface area (Å²) in [5.74, 6) is -0.304. The summed E-state index contributed by atoms with van der Waals surface area (Å²) in [6.07, 6.45) is 1.15. The minimum atomic E-state index is -3.20. The molecule has 0 N–H and O–H groups in total. The van der Waals surface area contributed by atoms with Crippen LogP contribution in [0, 0.1) is 11.9 Å². The molecule has 0 saturated heterocycles. The molecule has 0 aliphatic heterocycles. The van der Waals surface area contributed by atoms with Crippen molar-refractivity contribution in [1.82, 2.24) is 0 Å². The molecule has 0 atom stereocenters. The quantitative estimate of drug-likeness (QED) is 0.820. The van der Waals surface area contributed by atoms with Crippen LogP contribution in [-0.4, -0.2) is 14.7 Å². The highest BCUT2D eigenvalue weighted by Crippen LogP contribution is 2.20. The summed E-state index contributed by atoms with van der Waals surface area (Å²) in [5.41, 5.74) is 1.53. The van der Waals surface area contributed by atoms with E-state index in [9.17, 15) is 12.8 Å². The molecular weight excluding hydrogens is 239 g/mol. The SMILES string of the molecule is CS(=O)(=O)c1c[c]c(-c2ccc(F)cc2)cc1. The summed E-state index contributed by atoms with van der Waals surface area (Å²) >= 11 is 0. The molecule has 0 unspecified atom stereocenters. The monoisotopic (exact) mass is 249 g/mol. The summed E-state index contributed by atoms with van der Waals surface area (Å²) in [6, 6.07) is 13.4. The second kappa shape index (κ2) is 4.30. The molecule has 0 saturated carbocycles. The normalized spacial score (nSPS) is 11.4. The molecule has 0 aromatic heterocycles. The smallest absolute Gasteiger partial charge is 0.175 e. The summed E-state index contributed by atoms with van der Waals surface area (Å²) in [6.45, 7) is 0. The van der Waals surface area contributed by atoms with E-state index in [0.717, 1.165) is 17.4 Å². The number of rotatable bonds is 2. The lowest BCUT2D eigenvalue weighted by atomic mass is 10.1. The van der Waals surface area contributed by atoms with Gasteiger partial charge in [0.05, 0.1) is 4.90 Å². The van der Waals surface area contributed by atoms with E-state index in [2.05, 4.69) is 6.07 Å². The first kappa shape index (κ1) is 11.8. The summed E-state index contributed by atoms with van der Waals surface area (Å²) < 4.78 is 35.2. The molecule has 2 rings (SSSR count). The third kappa shape index (κ3) is 2.71. The summed E-state index contributed by atoms with van der Waals surface area (Å²) in [7, 11) is -3.20. The first-order valence-electron chi connectivity index (χ1n) is 4.94. The van der Waals surface area contributed by atoms with Crippen molar-refractivity contribution in [3.63, 3.8) is 0 Å². The van der Waals surface area contributed by atoms with E-state index in [1.54, 1.807) is 18.2 Å². The third-order valence-corrected chi connectivity index (χ3v) is 3.48. The maximum atomic E-state index is 12.7. The molecule has 0 heterocycles. The minimum absolute atomic E-state index is 0.225. The van der Waals surface area contributed by atoms with E-state index >= 15 is 0 Å². The third-order valence-electron chi connectivity index (χ3n) is 2.37. The van der Waals surface area contributed by atoms with Crippen LogP contribution in [0.25, 0.3) is 11.1 Å². The predicted molar refractivity (Wildman–Crippen MR) is 63.8 cm³/mol. The second-order valence-corrected chi connectivity index (χ2v) is 5.73. The van der Waals surface area contributed by atoms with Crippen LogP contribution in [0.2, 0.25) is 0 Å². The van der Waals surface area contributed by atoms with Crippen molar-refractivity contribution in [2.45, 2.75) is 4.90 Å². The van der Waals surface area contributed by atoms with Crippen molar-refractivity contribution in [3.8, 4) is 11.1 Å². The fourth-order valence-electron chi connectivity index (χ4n) is 1.45. The predicted octanol–water partition coefficient (Wildman–Crippen LogP) is 2.70. The van der Waals surface area contributed by atoms with Gasteiger partial charge in [0.1, 0.15) is 5.82 Å². The summed E-state index contributed by atoms with van der Waals surface area (Å²) in [5, 5.41) is 0. The van der Waals surface area contributed by atoms with Crippen molar-refractivity contribution in [2.24, 2.45) is 0 Å². The van der Waals surface area contributed by atoms with E-state index in [0.29, 0.717) is 0 Å². The van der Waals surface area contributed by atoms with Gasteiger partial charge >= 0.3 is 0 Å². The number of benzene rings is 2. The highest BCUT2D eigenvalue weighted by atomic mass is 32.2. The Balaban J connectivity index is 2.39. The maximum absolute atomic E-state index is 12.7. The average molecular weight is 249 g/mol. The Hall–Kier alpha value is -1.68. The Morgan fingerprint density at radius 2 is 1.71 bits per heavy atom. The van der Waals surface area contributed by atoms with Gasteiger partial charge in [0.2, 0.25) is 0 Å². The zero-order chi connectivity index (χ0) is 12.5. The number of hydrogen-bond donors (Lipinski definition) is 0. The van der Waals surface area contributed by atoms with Gasteiger partial charge in [-0.25, -0.2) is 12.8 Å². The van der Waals surface area contributed by atoms with Gasteiger partial charge in [0.25, 0.3) is 0 Å². The van der Waals surface area contributed by atoms with Crippen LogP contribution < -0.4 is 0 Å². The lowest BCUT2D eigenvalue weighted by molar-refractivity contribution is 0.602. The highest BCUT2D eigenvalue weighted by molar-refractivity contribution is 7.90. The van der Waals surface area contributed by atoms with Crippen molar-refractivity contribution in [2.75, 3.05) is 6.26 Å². The van der Waals surface area contributed by atoms with Crippen molar-refractivity contribution >= 4 is 9.84 Å². The average Bonchev–Trinajstić information content (AvgIpc) is 2.29. The second-order valence-electron chi connectivity index (χ2n) is 3.72. The molecule has 87 valence electrons. The number of hydrogen-bond acceptors (Lipinski definition) is 2. The number of halogens is 1. The van der Waals surface area contributed by atoms with Crippen LogP contribution in [-0.2, 0) is 9.84 Å². The Kier molecular flexibility index (Phi) is 2.98. The molecule has 2 nitrogen and oxygen atoms in total. The van der Waals surface area contributed by atoms with Gasteiger partial charge in [-0.1, -0.05) is 18.2 Å². The Morgan fingerprint density at radius 3 is 2.18 bits per heavy atom. The topological polar surface area (TPSA) is 34.1 Å². The highest BCUT2D eigenvalue weighted by Gasteiger charge is 2.06. The van der Waals surface area contributed by atoms with Gasteiger partial charge in [0, 0.05) is 6.26 Å². The van der Waals surface area contributed by atoms with Gasteiger partial charge in [-0.15, -0.1) is 0 Å². The molecule has 0 amide bonds. The van der Waals surface area contributed by atoms with Crippen LogP contribution in [0.4, 0.5) is 4.39 Å². The lowest BCUT2D eigenvalue weighted by Gasteiger charge is -2.02. The van der Waals surface area contributed by atoms with Crippen LogP contribution in [0.15, 0.2) is 47.4 Å². The van der Waals surface area contributed by atoms with Crippen LogP contribution in [0.3, 0.4) is 0 Å². The Morgan fingerprint density at radius 1 is 1.06 bits per heavy atom. The molecule has 0 bridgehead atoms. The zero-order valence-corrected chi connectivity index (χ0v) is 9.96. The van der Waals surface area contributed by atoms with Gasteiger partial charge in [-0.2, -0.15) is 0 Å². The largest absolute Gasteiger partial charge is 0.224 e. The standard InChI is InChI=1S/C13H10FO2S/c1-17(15,16)13-8-4-11(5-9-13)10-2-6-12(14)7-3-10/h2-4,6-9H,1H3. The van der Waals surface area contributed by atoms with Gasteiger partial charge in [0.15, 0.2) is 9.84 Å². The molecule has 4 heteroatoms. The fourth-order valence-corrected chi connectivity index (χ4v) is 2.04. The van der Waals surface area contributed by atoms with Crippen LogP contribution in [0.1, 0.15) is 0 Å². The minimum Gasteiger partial charge on any atom is -0.224 e. The van der Waals surface area contributed by atoms with Crippen LogP contribution in [0.5, 0.6) is 0 Å². The molecule has 0 fully saturated rings. The van der Waals surface area contributed by atoms with Crippen molar-refractivity contribution in [3.05, 3.63) is 54.3 Å². The Bertz CT molecular complexity index is 613. The number of sulfone groups is 1. The van der Waals surface area contributed by atoms with E-state index < -0.39 is 9.84 Å². The molecule has 0 spiro atoms. The molecule has 1 radical (unpaired) electrons. The fraction of sp³-hybridized carbons (Fsp3) is 0.0769. The lowest BCUT2D eigenvalue weighted by Crippen LogP contribution is -1.96. The van der Waals surface area contributed by atoms with Crippen molar-refractivity contribution < 1.29 is 12.8 Å². The van der Waals surface area contributed by atoms with Crippen LogP contribution >= 0.6 is 0 Å². The molecule has 2 aromatic carbocycles. The Labute approximate surface area is 99.6 Å². The molecule has 17 heavy (non-hydrogen) atoms. The van der Waals surface area contributed by atoms with E-state index in [-0.39, 0.29) is 10.7 Å². The van der Waals surface area contributed by atoms with Crippen molar-refractivity contribution in [1.29, 1.82) is 0 Å². The molecular formula is C13H10FO2S.